The summed E-state index contributed by atoms with van der Waals surface area (Å²) < 4.78 is 5.89. The van der Waals surface area contributed by atoms with Crippen molar-refractivity contribution in [2.45, 2.75) is 270 Å². The van der Waals surface area contributed by atoms with Gasteiger partial charge in [0.15, 0.2) is 0 Å². The Morgan fingerprint density at radius 1 is 0.375 bits per heavy atom. The fraction of sp³-hybridized carbons (Fsp3) is 0.955. The molecule has 0 aromatic rings. The molecule has 0 spiro atoms. The molecule has 0 saturated heterocycles. The number of unbranched alkanes of at least 4 members (excludes halogenated alkanes) is 32. The lowest BCUT2D eigenvalue weighted by Gasteiger charge is -2.17. The molecular weight excluding hydrogens is 592 g/mol. The highest BCUT2D eigenvalue weighted by atomic mass is 16.5. The van der Waals surface area contributed by atoms with Gasteiger partial charge >= 0.3 is 11.9 Å². The van der Waals surface area contributed by atoms with Crippen molar-refractivity contribution in [3.63, 3.8) is 0 Å². The van der Waals surface area contributed by atoms with Gasteiger partial charge in [0.2, 0.25) is 0 Å². The van der Waals surface area contributed by atoms with Crippen molar-refractivity contribution in [3.8, 4) is 0 Å². The molecule has 0 heterocycles. The van der Waals surface area contributed by atoms with E-state index in [-0.39, 0.29) is 12.1 Å². The highest BCUT2D eigenvalue weighted by molar-refractivity contribution is 5.69. The van der Waals surface area contributed by atoms with Crippen LogP contribution in [0.1, 0.15) is 264 Å². The van der Waals surface area contributed by atoms with Gasteiger partial charge in [-0.3, -0.25) is 9.59 Å². The number of hydrogen-bond donors (Lipinski definition) is 1. The van der Waals surface area contributed by atoms with Gasteiger partial charge in [-0.2, -0.15) is 0 Å². The van der Waals surface area contributed by atoms with Gasteiger partial charge in [-0.25, -0.2) is 0 Å². The van der Waals surface area contributed by atoms with Crippen molar-refractivity contribution in [3.05, 3.63) is 0 Å². The lowest BCUT2D eigenvalue weighted by Crippen LogP contribution is -2.18. The van der Waals surface area contributed by atoms with E-state index in [9.17, 15) is 9.59 Å². The molecule has 0 amide bonds. The van der Waals surface area contributed by atoms with E-state index in [0.717, 1.165) is 38.5 Å². The minimum Gasteiger partial charge on any atom is -0.481 e. The van der Waals surface area contributed by atoms with E-state index in [4.69, 9.17) is 9.84 Å². The van der Waals surface area contributed by atoms with Crippen molar-refractivity contribution in [2.75, 3.05) is 0 Å². The molecule has 4 heteroatoms. The summed E-state index contributed by atoms with van der Waals surface area (Å²) in [5.74, 6) is -0.632. The summed E-state index contributed by atoms with van der Waals surface area (Å²) >= 11 is 0. The smallest absolute Gasteiger partial charge is 0.306 e. The molecule has 4 nitrogen and oxygen atoms in total. The molecule has 0 aliphatic rings. The van der Waals surface area contributed by atoms with Crippen LogP contribution in [0.3, 0.4) is 0 Å². The van der Waals surface area contributed by atoms with Crippen molar-refractivity contribution >= 4 is 11.9 Å². The van der Waals surface area contributed by atoms with Gasteiger partial charge in [0, 0.05) is 12.8 Å². The number of carbonyl (C=O) groups is 2. The fourth-order valence-electron chi connectivity index (χ4n) is 7.12. The Labute approximate surface area is 301 Å². The second-order valence-corrected chi connectivity index (χ2v) is 15.3. The van der Waals surface area contributed by atoms with E-state index in [1.807, 2.05) is 0 Å². The summed E-state index contributed by atoms with van der Waals surface area (Å²) in [5, 5.41) is 8.67. The van der Waals surface area contributed by atoms with Gasteiger partial charge in [0.25, 0.3) is 0 Å². The number of hydrogen-bond acceptors (Lipinski definition) is 3. The van der Waals surface area contributed by atoms with Crippen LogP contribution in [-0.4, -0.2) is 23.1 Å². The molecule has 0 radical (unpaired) electrons. The Hall–Kier alpha value is -1.06. The molecule has 0 aromatic heterocycles. The van der Waals surface area contributed by atoms with Gasteiger partial charge in [-0.15, -0.1) is 0 Å². The van der Waals surface area contributed by atoms with E-state index in [1.54, 1.807) is 0 Å². The molecule has 1 atom stereocenters. The van der Waals surface area contributed by atoms with Crippen LogP contribution in [0.5, 0.6) is 0 Å². The molecule has 0 saturated carbocycles. The third-order valence-corrected chi connectivity index (χ3v) is 10.3. The van der Waals surface area contributed by atoms with E-state index in [1.165, 1.54) is 199 Å². The van der Waals surface area contributed by atoms with Gasteiger partial charge in [0.1, 0.15) is 6.10 Å². The van der Waals surface area contributed by atoms with E-state index in [0.29, 0.717) is 12.8 Å². The molecule has 0 bridgehead atoms. The predicted molar refractivity (Wildman–Crippen MR) is 209 cm³/mol. The van der Waals surface area contributed by atoms with Crippen molar-refractivity contribution in [1.29, 1.82) is 0 Å². The van der Waals surface area contributed by atoms with Crippen LogP contribution < -0.4 is 0 Å². The van der Waals surface area contributed by atoms with Crippen molar-refractivity contribution < 1.29 is 19.4 Å². The monoisotopic (exact) mass is 679 g/mol. The van der Waals surface area contributed by atoms with Crippen LogP contribution in [0.15, 0.2) is 0 Å². The Balaban J connectivity index is 3.44. The van der Waals surface area contributed by atoms with E-state index in [2.05, 4.69) is 13.8 Å². The van der Waals surface area contributed by atoms with Crippen LogP contribution >= 0.6 is 0 Å². The first kappa shape index (κ1) is 46.9. The van der Waals surface area contributed by atoms with Gasteiger partial charge < -0.3 is 9.84 Å². The second-order valence-electron chi connectivity index (χ2n) is 15.3. The quantitative estimate of drug-likeness (QED) is 0.0516. The lowest BCUT2D eigenvalue weighted by atomic mass is 10.0. The first-order valence-electron chi connectivity index (χ1n) is 22.0. The summed E-state index contributed by atoms with van der Waals surface area (Å²) in [4.78, 5) is 23.0. The average molecular weight is 679 g/mol. The van der Waals surface area contributed by atoms with Gasteiger partial charge in [0.05, 0.1) is 0 Å². The highest BCUT2D eigenvalue weighted by Crippen LogP contribution is 2.18. The first-order chi connectivity index (χ1) is 23.6. The number of aliphatic carboxylic acids is 1. The lowest BCUT2D eigenvalue weighted by molar-refractivity contribution is -0.150. The predicted octanol–water partition coefficient (Wildman–Crippen LogP) is 15.2. The molecule has 0 aliphatic heterocycles. The third kappa shape index (κ3) is 39.4. The average Bonchev–Trinajstić information content (AvgIpc) is 3.07. The summed E-state index contributed by atoms with van der Waals surface area (Å²) in [5.41, 5.74) is 0. The van der Waals surface area contributed by atoms with Crippen molar-refractivity contribution in [1.82, 2.24) is 0 Å². The van der Waals surface area contributed by atoms with Gasteiger partial charge in [-0.05, 0) is 32.1 Å². The minimum absolute atomic E-state index is 0.0338. The summed E-state index contributed by atoms with van der Waals surface area (Å²) in [7, 11) is 0. The maximum atomic E-state index is 12.5. The molecule has 0 rings (SSSR count). The zero-order valence-corrected chi connectivity index (χ0v) is 32.8. The molecule has 286 valence electrons. The van der Waals surface area contributed by atoms with Crippen LogP contribution in [0, 0.1) is 0 Å². The highest BCUT2D eigenvalue weighted by Gasteiger charge is 2.13. The number of carboxylic acid groups (broad SMARTS) is 1. The number of esters is 1. The van der Waals surface area contributed by atoms with Crippen LogP contribution in [-0.2, 0) is 14.3 Å². The van der Waals surface area contributed by atoms with Crippen LogP contribution in [0.25, 0.3) is 0 Å². The molecule has 1 N–H and O–H groups in total. The Morgan fingerprint density at radius 3 is 0.979 bits per heavy atom. The summed E-state index contributed by atoms with van der Waals surface area (Å²) in [6.07, 6.45) is 49.3. The Morgan fingerprint density at radius 2 is 0.667 bits per heavy atom. The SMILES string of the molecule is CCCCCCCCCCCCCCCCCCCCCCCC(=O)OC(CCC)CCCCCCCCCCCCCCCC(=O)O. The molecule has 0 aliphatic carbocycles. The third-order valence-electron chi connectivity index (χ3n) is 10.3. The molecule has 48 heavy (non-hydrogen) atoms. The minimum atomic E-state index is -0.666. The van der Waals surface area contributed by atoms with Gasteiger partial charge in [-0.1, -0.05) is 219 Å². The standard InChI is InChI=1S/C44H86O4/c1-3-5-6-7-8-9-10-11-12-13-14-15-16-17-18-22-25-28-31-34-37-41-44(47)48-42(38-4-2)39-35-32-29-26-23-20-19-21-24-27-30-33-36-40-43(45)46/h42H,3-41H2,1-2H3,(H,45,46). The largest absolute Gasteiger partial charge is 0.481 e. The van der Waals surface area contributed by atoms with E-state index >= 15 is 0 Å². The zero-order valence-electron chi connectivity index (χ0n) is 32.8. The maximum absolute atomic E-state index is 12.5. The molecule has 0 fully saturated rings. The van der Waals surface area contributed by atoms with Crippen molar-refractivity contribution in [2.24, 2.45) is 0 Å². The number of rotatable bonds is 41. The normalized spacial score (nSPS) is 12.0. The summed E-state index contributed by atoms with van der Waals surface area (Å²) in [6, 6.07) is 0. The first-order valence-corrected chi connectivity index (χ1v) is 22.0. The molecule has 1 unspecified atom stereocenters. The number of carboxylic acids is 1. The Bertz CT molecular complexity index is 648. The Kier molecular flexibility index (Phi) is 39.5. The summed E-state index contributed by atoms with van der Waals surface area (Å²) in [6.45, 7) is 4.49. The van der Waals surface area contributed by atoms with Crippen LogP contribution in [0.4, 0.5) is 0 Å². The van der Waals surface area contributed by atoms with E-state index < -0.39 is 5.97 Å². The maximum Gasteiger partial charge on any atom is 0.306 e. The molecular formula is C44H86O4. The molecule has 0 aromatic carbocycles. The second kappa shape index (κ2) is 40.4. The van der Waals surface area contributed by atoms with Crippen LogP contribution in [0.2, 0.25) is 0 Å². The number of ether oxygens (including phenoxy) is 1. The topological polar surface area (TPSA) is 63.6 Å². The fourth-order valence-corrected chi connectivity index (χ4v) is 7.12. The zero-order chi connectivity index (χ0) is 35.0. The number of carbonyl (C=O) groups excluding carboxylic acids is 1.